The quantitative estimate of drug-likeness (QED) is 0.326. The maximum atomic E-state index is 12.0. The number of carbonyl (C=O) groups is 4. The van der Waals surface area contributed by atoms with E-state index in [1.807, 2.05) is 12.1 Å². The first-order valence-corrected chi connectivity index (χ1v) is 11.6. The van der Waals surface area contributed by atoms with Gasteiger partial charge in [-0.2, -0.15) is 0 Å². The van der Waals surface area contributed by atoms with Crippen LogP contribution in [0.3, 0.4) is 0 Å². The molecule has 4 N–H and O–H groups in total. The summed E-state index contributed by atoms with van der Waals surface area (Å²) in [5.41, 5.74) is 1.16. The van der Waals surface area contributed by atoms with Gasteiger partial charge < -0.3 is 29.6 Å². The number of carbonyl (C=O) groups excluding carboxylic acids is 4. The van der Waals surface area contributed by atoms with Gasteiger partial charge >= 0.3 is 24.4 Å². The minimum Gasteiger partial charge on any atom is -0.445 e. The first kappa shape index (κ1) is 28.8. The number of amides is 4. The molecule has 2 aromatic carbocycles. The highest BCUT2D eigenvalue weighted by Crippen LogP contribution is 2.07. The Morgan fingerprint density at radius 2 is 1.08 bits per heavy atom. The van der Waals surface area contributed by atoms with E-state index >= 15 is 0 Å². The summed E-state index contributed by atoms with van der Waals surface area (Å²) in [7, 11) is 0. The van der Waals surface area contributed by atoms with Crippen LogP contribution >= 0.6 is 0 Å². The molecule has 200 valence electrons. The predicted octanol–water partition coefficient (Wildman–Crippen LogP) is 4.10. The van der Waals surface area contributed by atoms with E-state index in [1.165, 1.54) is 0 Å². The minimum absolute atomic E-state index is 0.0559. The second kappa shape index (κ2) is 15.5. The Kier molecular flexibility index (Phi) is 12.0. The Labute approximate surface area is 215 Å². The Bertz CT molecular complexity index is 1010. The lowest BCUT2D eigenvalue weighted by Crippen LogP contribution is -2.44. The van der Waals surface area contributed by atoms with Crippen molar-refractivity contribution < 1.29 is 38.1 Å². The fraction of sp³-hybridized carbons (Fsp3) is 0.360. The maximum Gasteiger partial charge on any atom is 0.411 e. The zero-order chi connectivity index (χ0) is 27.0. The molecule has 0 aliphatic heterocycles. The van der Waals surface area contributed by atoms with Crippen molar-refractivity contribution in [2.75, 3.05) is 30.4 Å². The van der Waals surface area contributed by atoms with Gasteiger partial charge in [-0.25, -0.2) is 19.2 Å². The molecule has 0 saturated carbocycles. The van der Waals surface area contributed by atoms with Gasteiger partial charge in [-0.1, -0.05) is 36.4 Å². The number of anilines is 2. The Morgan fingerprint density at radius 1 is 0.649 bits per heavy atom. The average Bonchev–Trinajstić information content (AvgIpc) is 2.86. The van der Waals surface area contributed by atoms with E-state index in [0.717, 1.165) is 0 Å². The van der Waals surface area contributed by atoms with Crippen molar-refractivity contribution in [3.63, 3.8) is 0 Å². The monoisotopic (exact) mass is 516 g/mol. The van der Waals surface area contributed by atoms with Crippen molar-refractivity contribution >= 4 is 35.7 Å². The van der Waals surface area contributed by atoms with E-state index in [0.29, 0.717) is 11.4 Å². The fourth-order valence-electron chi connectivity index (χ4n) is 2.73. The molecular weight excluding hydrogens is 484 g/mol. The summed E-state index contributed by atoms with van der Waals surface area (Å²) in [6.45, 7) is 4.55. The normalized spacial score (nSPS) is 12.6. The number of nitrogens with one attached hydrogen (secondary N) is 4. The lowest BCUT2D eigenvalue weighted by molar-refractivity contribution is 0.0540. The lowest BCUT2D eigenvalue weighted by atomic mass is 10.3. The molecule has 3 unspecified atom stereocenters. The fourth-order valence-corrected chi connectivity index (χ4v) is 2.73. The van der Waals surface area contributed by atoms with Crippen LogP contribution < -0.4 is 21.3 Å². The van der Waals surface area contributed by atoms with Crippen LogP contribution in [0.2, 0.25) is 0 Å². The number of hydrogen-bond acceptors (Lipinski definition) is 8. The first-order valence-electron chi connectivity index (χ1n) is 11.6. The van der Waals surface area contributed by atoms with Crippen molar-refractivity contribution in [2.24, 2.45) is 0 Å². The second-order valence-electron chi connectivity index (χ2n) is 8.04. The predicted molar refractivity (Wildman–Crippen MR) is 135 cm³/mol. The molecule has 0 aliphatic rings. The molecule has 12 heteroatoms. The van der Waals surface area contributed by atoms with Gasteiger partial charge in [0.15, 0.2) is 0 Å². The topological polar surface area (TPSA) is 153 Å². The summed E-state index contributed by atoms with van der Waals surface area (Å²) in [4.78, 5) is 47.5. The summed E-state index contributed by atoms with van der Waals surface area (Å²) in [5, 5.41) is 10.1. The molecule has 2 aromatic rings. The lowest BCUT2D eigenvalue weighted by Gasteiger charge is -2.19. The zero-order valence-electron chi connectivity index (χ0n) is 20.9. The maximum absolute atomic E-state index is 12.0. The molecule has 12 nitrogen and oxygen atoms in total. The molecule has 0 aromatic heterocycles. The van der Waals surface area contributed by atoms with E-state index < -0.39 is 42.6 Å². The minimum atomic E-state index is -0.743. The molecule has 0 heterocycles. The summed E-state index contributed by atoms with van der Waals surface area (Å²) in [5.74, 6) is 0. The highest BCUT2D eigenvalue weighted by molar-refractivity contribution is 5.85. The van der Waals surface area contributed by atoms with Crippen LogP contribution in [0.4, 0.5) is 30.6 Å². The molecular formula is C25H32N4O8. The average molecular weight is 517 g/mol. The summed E-state index contributed by atoms with van der Waals surface area (Å²) < 4.78 is 20.3. The van der Waals surface area contributed by atoms with Crippen LogP contribution in [0.15, 0.2) is 60.7 Å². The molecule has 0 fully saturated rings. The van der Waals surface area contributed by atoms with Gasteiger partial charge in [0, 0.05) is 24.0 Å². The highest BCUT2D eigenvalue weighted by atomic mass is 16.6. The number of rotatable bonds is 11. The zero-order valence-corrected chi connectivity index (χ0v) is 20.9. The Morgan fingerprint density at radius 3 is 1.54 bits per heavy atom. The molecule has 0 saturated heterocycles. The van der Waals surface area contributed by atoms with Crippen molar-refractivity contribution in [1.82, 2.24) is 10.6 Å². The van der Waals surface area contributed by atoms with Crippen molar-refractivity contribution in [2.45, 2.75) is 39.0 Å². The van der Waals surface area contributed by atoms with Crippen LogP contribution in [0.1, 0.15) is 20.8 Å². The third-order valence-corrected chi connectivity index (χ3v) is 4.47. The largest absolute Gasteiger partial charge is 0.445 e. The van der Waals surface area contributed by atoms with E-state index in [9.17, 15) is 19.2 Å². The summed E-state index contributed by atoms with van der Waals surface area (Å²) in [6, 6.07) is 17.0. The third kappa shape index (κ3) is 12.7. The smallest absolute Gasteiger partial charge is 0.411 e. The Hall–Kier alpha value is -4.48. The molecule has 37 heavy (non-hydrogen) atoms. The van der Waals surface area contributed by atoms with Crippen LogP contribution in [0.5, 0.6) is 0 Å². The molecule has 0 aliphatic carbocycles. The number of benzene rings is 2. The van der Waals surface area contributed by atoms with Gasteiger partial charge in [0.1, 0.15) is 25.4 Å². The van der Waals surface area contributed by atoms with Crippen LogP contribution in [-0.2, 0) is 18.9 Å². The van der Waals surface area contributed by atoms with Crippen LogP contribution in [0.25, 0.3) is 0 Å². The van der Waals surface area contributed by atoms with Gasteiger partial charge in [-0.05, 0) is 45.0 Å². The summed E-state index contributed by atoms with van der Waals surface area (Å²) >= 11 is 0. The van der Waals surface area contributed by atoms with Gasteiger partial charge in [0.25, 0.3) is 0 Å². The van der Waals surface area contributed by atoms with Gasteiger partial charge in [-0.15, -0.1) is 0 Å². The number of ether oxygens (including phenoxy) is 4. The molecule has 0 spiro atoms. The van der Waals surface area contributed by atoms with E-state index in [1.54, 1.807) is 69.3 Å². The molecule has 4 amide bonds. The SMILES string of the molecule is CC(CNC(=O)OC(C)COC(=O)Nc1ccccc1)NC(=O)OC(C)COC(=O)Nc1ccccc1. The van der Waals surface area contributed by atoms with Crippen molar-refractivity contribution in [3.8, 4) is 0 Å². The second-order valence-corrected chi connectivity index (χ2v) is 8.04. The van der Waals surface area contributed by atoms with Gasteiger partial charge in [0.2, 0.25) is 0 Å². The van der Waals surface area contributed by atoms with Crippen molar-refractivity contribution in [1.29, 1.82) is 0 Å². The molecule has 0 radical (unpaired) electrons. The van der Waals surface area contributed by atoms with E-state index in [4.69, 9.17) is 18.9 Å². The third-order valence-electron chi connectivity index (χ3n) is 4.47. The highest BCUT2D eigenvalue weighted by Gasteiger charge is 2.16. The molecule has 0 bridgehead atoms. The number of para-hydroxylation sites is 2. The molecule has 2 rings (SSSR count). The molecule has 3 atom stereocenters. The number of hydrogen-bond donors (Lipinski definition) is 4. The van der Waals surface area contributed by atoms with Gasteiger partial charge in [-0.3, -0.25) is 10.6 Å². The Balaban J connectivity index is 1.56. The standard InChI is InChI=1S/C25H32N4O8/c1-17(27-25(33)37-19(3)16-35-24(32)29-21-12-8-5-9-13-21)14-26-22(30)36-18(2)15-34-23(31)28-20-10-6-4-7-11-20/h4-13,17-19H,14-16H2,1-3H3,(H,26,30)(H,27,33)(H,28,31)(H,29,32). The van der Waals surface area contributed by atoms with Crippen molar-refractivity contribution in [3.05, 3.63) is 60.7 Å². The van der Waals surface area contributed by atoms with E-state index in [2.05, 4.69) is 21.3 Å². The van der Waals surface area contributed by atoms with Crippen LogP contribution in [0, 0.1) is 0 Å². The summed E-state index contributed by atoms with van der Waals surface area (Å²) in [6.07, 6.45) is -4.23. The van der Waals surface area contributed by atoms with E-state index in [-0.39, 0.29) is 19.8 Å². The van der Waals surface area contributed by atoms with Gasteiger partial charge in [0.05, 0.1) is 0 Å². The first-order chi connectivity index (χ1) is 17.7. The number of alkyl carbamates (subject to hydrolysis) is 2. The van der Waals surface area contributed by atoms with Crippen LogP contribution in [-0.4, -0.2) is 62.4 Å².